The first kappa shape index (κ1) is 15.4. The second-order valence-corrected chi connectivity index (χ2v) is 6.84. The molecule has 1 aromatic heterocycles. The first-order chi connectivity index (χ1) is 11.8. The molecule has 4 rings (SSSR count). The number of H-pyrrole nitrogens is 1. The van der Waals surface area contributed by atoms with Crippen LogP contribution in [0.2, 0.25) is 0 Å². The molecule has 0 bridgehead atoms. The SMILES string of the molecule is C[C@H](CO)N[C@@H]1CCCc2c1[nH]c1ccc(-c3ccccc3)cc21. The van der Waals surface area contributed by atoms with Crippen molar-refractivity contribution in [2.75, 3.05) is 6.61 Å². The molecule has 1 heterocycles. The summed E-state index contributed by atoms with van der Waals surface area (Å²) in [6, 6.07) is 17.7. The molecule has 0 fully saturated rings. The van der Waals surface area contributed by atoms with Crippen molar-refractivity contribution in [3.63, 3.8) is 0 Å². The molecule has 124 valence electrons. The molecule has 0 unspecified atom stereocenters. The Labute approximate surface area is 142 Å². The fourth-order valence-corrected chi connectivity index (χ4v) is 3.84. The summed E-state index contributed by atoms with van der Waals surface area (Å²) < 4.78 is 0. The van der Waals surface area contributed by atoms with Crippen LogP contribution in [0.25, 0.3) is 22.0 Å². The third kappa shape index (κ3) is 2.74. The minimum atomic E-state index is 0.118. The van der Waals surface area contributed by atoms with E-state index in [2.05, 4.69) is 58.8 Å². The summed E-state index contributed by atoms with van der Waals surface area (Å²) in [6.07, 6.45) is 3.43. The topological polar surface area (TPSA) is 48.0 Å². The van der Waals surface area contributed by atoms with Crippen LogP contribution in [0.3, 0.4) is 0 Å². The monoisotopic (exact) mass is 320 g/mol. The van der Waals surface area contributed by atoms with Crippen molar-refractivity contribution in [3.05, 3.63) is 59.8 Å². The van der Waals surface area contributed by atoms with Gasteiger partial charge in [-0.1, -0.05) is 36.4 Å². The smallest absolute Gasteiger partial charge is 0.0582 e. The van der Waals surface area contributed by atoms with E-state index in [1.807, 2.05) is 6.92 Å². The summed E-state index contributed by atoms with van der Waals surface area (Å²) in [6.45, 7) is 2.20. The van der Waals surface area contributed by atoms with E-state index in [1.165, 1.54) is 39.7 Å². The Balaban J connectivity index is 1.76. The minimum Gasteiger partial charge on any atom is -0.395 e. The fraction of sp³-hybridized carbons (Fsp3) is 0.333. The van der Waals surface area contributed by atoms with Gasteiger partial charge in [0.2, 0.25) is 0 Å². The highest BCUT2D eigenvalue weighted by atomic mass is 16.3. The number of hydrogen-bond donors (Lipinski definition) is 3. The molecule has 1 aliphatic rings. The molecule has 2 aromatic carbocycles. The summed E-state index contributed by atoms with van der Waals surface area (Å²) in [7, 11) is 0. The van der Waals surface area contributed by atoms with Crippen LogP contribution in [-0.2, 0) is 6.42 Å². The zero-order valence-electron chi connectivity index (χ0n) is 14.0. The lowest BCUT2D eigenvalue weighted by Crippen LogP contribution is -2.35. The van der Waals surface area contributed by atoms with Gasteiger partial charge in [0.1, 0.15) is 0 Å². The number of fused-ring (bicyclic) bond motifs is 3. The third-order valence-corrected chi connectivity index (χ3v) is 5.07. The van der Waals surface area contributed by atoms with Crippen LogP contribution in [0, 0.1) is 0 Å². The molecule has 0 amide bonds. The molecule has 0 radical (unpaired) electrons. The molecule has 0 spiro atoms. The van der Waals surface area contributed by atoms with E-state index in [0.717, 1.165) is 12.8 Å². The van der Waals surface area contributed by atoms with Gasteiger partial charge in [0.15, 0.2) is 0 Å². The van der Waals surface area contributed by atoms with E-state index in [4.69, 9.17) is 0 Å². The van der Waals surface area contributed by atoms with Gasteiger partial charge in [-0.05, 0) is 55.0 Å². The molecule has 1 aliphatic carbocycles. The molecule has 3 aromatic rings. The Hall–Kier alpha value is -2.10. The van der Waals surface area contributed by atoms with Crippen LogP contribution >= 0.6 is 0 Å². The number of aliphatic hydroxyl groups excluding tert-OH is 1. The van der Waals surface area contributed by atoms with Gasteiger partial charge < -0.3 is 15.4 Å². The molecule has 3 heteroatoms. The summed E-state index contributed by atoms with van der Waals surface area (Å²) in [5.74, 6) is 0. The number of aliphatic hydroxyl groups is 1. The second-order valence-electron chi connectivity index (χ2n) is 6.84. The maximum Gasteiger partial charge on any atom is 0.0582 e. The first-order valence-electron chi connectivity index (χ1n) is 8.83. The molecular weight excluding hydrogens is 296 g/mol. The standard InChI is InChI=1S/C21H24N2O/c1-14(13-24)22-20-9-5-8-17-18-12-16(15-6-3-2-4-7-15)10-11-19(18)23-21(17)20/h2-4,6-7,10-12,14,20,22-24H,5,8-9,13H2,1H3/t14-,20-/m1/s1. The Morgan fingerprint density at radius 2 is 2.00 bits per heavy atom. The largest absolute Gasteiger partial charge is 0.395 e. The zero-order valence-corrected chi connectivity index (χ0v) is 14.0. The number of nitrogens with one attached hydrogen (secondary N) is 2. The molecular formula is C21H24N2O. The van der Waals surface area contributed by atoms with E-state index < -0.39 is 0 Å². The molecule has 2 atom stereocenters. The second kappa shape index (κ2) is 6.42. The summed E-state index contributed by atoms with van der Waals surface area (Å²) in [4.78, 5) is 3.63. The van der Waals surface area contributed by atoms with Crippen molar-refractivity contribution >= 4 is 10.9 Å². The Kier molecular flexibility index (Phi) is 4.13. The Morgan fingerprint density at radius 1 is 1.17 bits per heavy atom. The van der Waals surface area contributed by atoms with Crippen molar-refractivity contribution < 1.29 is 5.11 Å². The minimum absolute atomic E-state index is 0.118. The average molecular weight is 320 g/mol. The van der Waals surface area contributed by atoms with Gasteiger partial charge in [-0.2, -0.15) is 0 Å². The summed E-state index contributed by atoms with van der Waals surface area (Å²) >= 11 is 0. The Bertz CT molecular complexity index is 838. The van der Waals surface area contributed by atoms with E-state index in [0.29, 0.717) is 6.04 Å². The number of aromatic nitrogens is 1. The lowest BCUT2D eigenvalue weighted by Gasteiger charge is -2.26. The Morgan fingerprint density at radius 3 is 2.79 bits per heavy atom. The molecule has 24 heavy (non-hydrogen) atoms. The van der Waals surface area contributed by atoms with Crippen LogP contribution in [0.15, 0.2) is 48.5 Å². The fourth-order valence-electron chi connectivity index (χ4n) is 3.84. The molecule has 0 saturated heterocycles. The molecule has 3 N–H and O–H groups in total. The van der Waals surface area contributed by atoms with Crippen LogP contribution in [0.1, 0.15) is 37.1 Å². The van der Waals surface area contributed by atoms with Gasteiger partial charge in [0.25, 0.3) is 0 Å². The summed E-state index contributed by atoms with van der Waals surface area (Å²) in [5, 5.41) is 14.2. The van der Waals surface area contributed by atoms with Gasteiger partial charge >= 0.3 is 0 Å². The number of hydrogen-bond acceptors (Lipinski definition) is 2. The van der Waals surface area contributed by atoms with E-state index in [-0.39, 0.29) is 12.6 Å². The molecule has 3 nitrogen and oxygen atoms in total. The number of aryl methyl sites for hydroxylation is 1. The highest BCUT2D eigenvalue weighted by Crippen LogP contribution is 2.36. The van der Waals surface area contributed by atoms with Crippen LogP contribution in [-0.4, -0.2) is 22.7 Å². The highest BCUT2D eigenvalue weighted by Gasteiger charge is 2.25. The average Bonchev–Trinajstić information content (AvgIpc) is 3.01. The lowest BCUT2D eigenvalue weighted by atomic mass is 9.90. The normalized spacial score (nSPS) is 18.5. The van der Waals surface area contributed by atoms with Gasteiger partial charge in [0, 0.05) is 28.7 Å². The lowest BCUT2D eigenvalue weighted by molar-refractivity contribution is 0.235. The van der Waals surface area contributed by atoms with Crippen molar-refractivity contribution in [3.8, 4) is 11.1 Å². The quantitative estimate of drug-likeness (QED) is 0.675. The zero-order chi connectivity index (χ0) is 16.5. The summed E-state index contributed by atoms with van der Waals surface area (Å²) in [5.41, 5.74) is 6.49. The molecule has 0 saturated carbocycles. The highest BCUT2D eigenvalue weighted by molar-refractivity contribution is 5.89. The predicted molar refractivity (Wildman–Crippen MR) is 99.1 cm³/mol. The van der Waals surface area contributed by atoms with Crippen LogP contribution in [0.5, 0.6) is 0 Å². The van der Waals surface area contributed by atoms with E-state index in [1.54, 1.807) is 0 Å². The maximum absolute atomic E-state index is 9.34. The van der Waals surface area contributed by atoms with E-state index >= 15 is 0 Å². The molecule has 0 aliphatic heterocycles. The van der Waals surface area contributed by atoms with Crippen molar-refractivity contribution in [1.29, 1.82) is 0 Å². The van der Waals surface area contributed by atoms with Gasteiger partial charge in [0.05, 0.1) is 6.61 Å². The van der Waals surface area contributed by atoms with Crippen molar-refractivity contribution in [1.82, 2.24) is 10.3 Å². The van der Waals surface area contributed by atoms with Crippen LogP contribution < -0.4 is 5.32 Å². The van der Waals surface area contributed by atoms with Crippen molar-refractivity contribution in [2.45, 2.75) is 38.3 Å². The van der Waals surface area contributed by atoms with Gasteiger partial charge in [-0.15, -0.1) is 0 Å². The number of benzene rings is 2. The van der Waals surface area contributed by atoms with Crippen molar-refractivity contribution in [2.24, 2.45) is 0 Å². The van der Waals surface area contributed by atoms with Crippen LogP contribution in [0.4, 0.5) is 0 Å². The van der Waals surface area contributed by atoms with E-state index in [9.17, 15) is 5.11 Å². The predicted octanol–water partition coefficient (Wildman–Crippen LogP) is 4.18. The first-order valence-corrected chi connectivity index (χ1v) is 8.83. The van der Waals surface area contributed by atoms with Gasteiger partial charge in [-0.3, -0.25) is 0 Å². The number of aromatic amines is 1. The maximum atomic E-state index is 9.34. The van der Waals surface area contributed by atoms with Gasteiger partial charge in [-0.25, -0.2) is 0 Å². The third-order valence-electron chi connectivity index (χ3n) is 5.07. The number of rotatable bonds is 4.